The van der Waals surface area contributed by atoms with Gasteiger partial charge in [-0.15, -0.1) is 0 Å². The van der Waals surface area contributed by atoms with E-state index in [1.54, 1.807) is 26.8 Å². The predicted molar refractivity (Wildman–Crippen MR) is 142 cm³/mol. The molecule has 0 saturated heterocycles. The second-order valence-corrected chi connectivity index (χ2v) is 10.3. The van der Waals surface area contributed by atoms with E-state index in [-0.39, 0.29) is 54.9 Å². The molecule has 0 spiro atoms. The third-order valence-electron chi connectivity index (χ3n) is 5.50. The van der Waals surface area contributed by atoms with Crippen LogP contribution in [0.1, 0.15) is 67.4 Å². The second-order valence-electron chi connectivity index (χ2n) is 10.3. The molecule has 1 aromatic carbocycles. The Morgan fingerprint density at radius 3 is 1.72 bits per heavy atom. The molecule has 1 unspecified atom stereocenters. The highest BCUT2D eigenvalue weighted by Crippen LogP contribution is 2.30. The Morgan fingerprint density at radius 2 is 1.23 bits per heavy atom. The first-order chi connectivity index (χ1) is 18.2. The summed E-state index contributed by atoms with van der Waals surface area (Å²) in [5, 5.41) is 0. The first-order valence-corrected chi connectivity index (χ1v) is 13.2. The van der Waals surface area contributed by atoms with Crippen molar-refractivity contribution in [3.8, 4) is 11.5 Å². The van der Waals surface area contributed by atoms with Gasteiger partial charge in [0.2, 0.25) is 0 Å². The van der Waals surface area contributed by atoms with E-state index in [1.165, 1.54) is 12.1 Å². The molecule has 0 aliphatic rings. The fourth-order valence-corrected chi connectivity index (χ4v) is 2.82. The maximum atomic E-state index is 12.6. The van der Waals surface area contributed by atoms with Gasteiger partial charge in [-0.1, -0.05) is 47.6 Å². The van der Waals surface area contributed by atoms with Crippen LogP contribution >= 0.6 is 0 Å². The summed E-state index contributed by atoms with van der Waals surface area (Å²) in [4.78, 5) is 48.9. The Hall–Kier alpha value is -3.34. The van der Waals surface area contributed by atoms with Crippen LogP contribution in [-0.2, 0) is 35.0 Å². The number of benzene rings is 1. The zero-order valence-corrected chi connectivity index (χ0v) is 24.2. The number of rotatable bonds is 14. The first-order valence-electron chi connectivity index (χ1n) is 13.2. The van der Waals surface area contributed by atoms with Gasteiger partial charge in [-0.3, -0.25) is 9.59 Å². The highest BCUT2D eigenvalue weighted by molar-refractivity contribution is 5.76. The van der Waals surface area contributed by atoms with E-state index in [2.05, 4.69) is 0 Å². The van der Waals surface area contributed by atoms with Gasteiger partial charge in [-0.2, -0.15) is 0 Å². The molecular formula is C28H43NO10. The fraction of sp³-hybridized carbons (Fsp3) is 0.643. The monoisotopic (exact) mass is 553 g/mol. The van der Waals surface area contributed by atoms with Crippen molar-refractivity contribution in [3.05, 3.63) is 23.8 Å². The summed E-state index contributed by atoms with van der Waals surface area (Å²) in [7, 11) is 0. The normalized spacial score (nSPS) is 14.1. The predicted octanol–water partition coefficient (Wildman–Crippen LogP) is 4.81. The van der Waals surface area contributed by atoms with E-state index in [0.29, 0.717) is 12.0 Å². The SMILES string of the molecule is CCC(C)C(=O)O[C@@H](C)[C@H](C)OC(=O)[C@@H](N)Cc1ccc(OC(=O)OCC(C)C)c(OC(=O)OCC(C)C)c1. The van der Waals surface area contributed by atoms with Crippen LogP contribution in [0.3, 0.4) is 0 Å². The zero-order chi connectivity index (χ0) is 29.7. The lowest BCUT2D eigenvalue weighted by Gasteiger charge is -2.23. The van der Waals surface area contributed by atoms with Gasteiger partial charge in [0, 0.05) is 0 Å². The van der Waals surface area contributed by atoms with Crippen LogP contribution in [0.2, 0.25) is 0 Å². The molecule has 1 rings (SSSR count). The number of nitrogens with two attached hydrogens (primary N) is 1. The number of ether oxygens (including phenoxy) is 6. The van der Waals surface area contributed by atoms with Crippen LogP contribution in [0.15, 0.2) is 18.2 Å². The summed E-state index contributed by atoms with van der Waals surface area (Å²) < 4.78 is 31.3. The van der Waals surface area contributed by atoms with Crippen molar-refractivity contribution in [2.45, 2.75) is 86.5 Å². The Balaban J connectivity index is 2.93. The molecule has 220 valence electrons. The van der Waals surface area contributed by atoms with E-state index in [4.69, 9.17) is 34.2 Å². The van der Waals surface area contributed by atoms with Crippen molar-refractivity contribution >= 4 is 24.2 Å². The van der Waals surface area contributed by atoms with Crippen LogP contribution < -0.4 is 15.2 Å². The van der Waals surface area contributed by atoms with Crippen molar-refractivity contribution < 1.29 is 47.6 Å². The summed E-state index contributed by atoms with van der Waals surface area (Å²) >= 11 is 0. The highest BCUT2D eigenvalue weighted by atomic mass is 16.7. The van der Waals surface area contributed by atoms with Crippen molar-refractivity contribution in [3.63, 3.8) is 0 Å². The number of esters is 2. The lowest BCUT2D eigenvalue weighted by atomic mass is 10.1. The fourth-order valence-electron chi connectivity index (χ4n) is 2.82. The number of carbonyl (C=O) groups excluding carboxylic acids is 4. The van der Waals surface area contributed by atoms with Crippen LogP contribution in [0, 0.1) is 17.8 Å². The van der Waals surface area contributed by atoms with Gasteiger partial charge in [0.15, 0.2) is 11.5 Å². The van der Waals surface area contributed by atoms with Crippen molar-refractivity contribution in [1.82, 2.24) is 0 Å². The molecule has 39 heavy (non-hydrogen) atoms. The van der Waals surface area contributed by atoms with E-state index >= 15 is 0 Å². The van der Waals surface area contributed by atoms with E-state index < -0.39 is 36.5 Å². The summed E-state index contributed by atoms with van der Waals surface area (Å²) in [6.45, 7) is 14.6. The van der Waals surface area contributed by atoms with Gasteiger partial charge < -0.3 is 34.2 Å². The summed E-state index contributed by atoms with van der Waals surface area (Å²) in [6, 6.07) is 3.29. The number of hydrogen-bond acceptors (Lipinski definition) is 11. The molecule has 0 aliphatic carbocycles. The van der Waals surface area contributed by atoms with Gasteiger partial charge in [0.05, 0.1) is 19.1 Å². The van der Waals surface area contributed by atoms with Crippen LogP contribution in [-0.4, -0.2) is 55.7 Å². The van der Waals surface area contributed by atoms with Gasteiger partial charge in [0.1, 0.15) is 18.2 Å². The molecule has 0 aliphatic heterocycles. The molecule has 0 fully saturated rings. The molecule has 0 radical (unpaired) electrons. The molecular weight excluding hydrogens is 510 g/mol. The Morgan fingerprint density at radius 1 is 0.744 bits per heavy atom. The Kier molecular flexibility index (Phi) is 14.3. The molecule has 11 nitrogen and oxygen atoms in total. The summed E-state index contributed by atoms with van der Waals surface area (Å²) in [5.74, 6) is -1.34. The molecule has 1 aromatic rings. The lowest BCUT2D eigenvalue weighted by molar-refractivity contribution is -0.168. The lowest BCUT2D eigenvalue weighted by Crippen LogP contribution is -2.40. The third-order valence-corrected chi connectivity index (χ3v) is 5.50. The molecule has 0 heterocycles. The third kappa shape index (κ3) is 12.8. The van der Waals surface area contributed by atoms with Crippen molar-refractivity contribution in [2.75, 3.05) is 13.2 Å². The van der Waals surface area contributed by atoms with Gasteiger partial charge in [-0.25, -0.2) is 9.59 Å². The quantitative estimate of drug-likeness (QED) is 0.192. The van der Waals surface area contributed by atoms with Crippen molar-refractivity contribution in [2.24, 2.45) is 23.5 Å². The van der Waals surface area contributed by atoms with E-state index in [9.17, 15) is 19.2 Å². The van der Waals surface area contributed by atoms with Gasteiger partial charge in [-0.05, 0) is 56.2 Å². The maximum absolute atomic E-state index is 12.6. The topological polar surface area (TPSA) is 150 Å². The molecule has 0 amide bonds. The Labute approximate surface area is 230 Å². The molecule has 11 heteroatoms. The van der Waals surface area contributed by atoms with Gasteiger partial charge >= 0.3 is 24.2 Å². The molecule has 2 N–H and O–H groups in total. The highest BCUT2D eigenvalue weighted by Gasteiger charge is 2.26. The molecule has 0 bridgehead atoms. The first kappa shape index (κ1) is 33.7. The van der Waals surface area contributed by atoms with Crippen LogP contribution in [0.25, 0.3) is 0 Å². The molecule has 0 aromatic heterocycles. The number of carbonyl (C=O) groups is 4. The zero-order valence-electron chi connectivity index (χ0n) is 24.2. The van der Waals surface area contributed by atoms with Crippen LogP contribution in [0.5, 0.6) is 11.5 Å². The smallest absolute Gasteiger partial charge is 0.459 e. The van der Waals surface area contributed by atoms with E-state index in [0.717, 1.165) is 0 Å². The number of hydrogen-bond donors (Lipinski definition) is 1. The maximum Gasteiger partial charge on any atom is 0.513 e. The summed E-state index contributed by atoms with van der Waals surface area (Å²) in [6.07, 6.45) is -2.68. The standard InChI is InChI=1S/C28H43NO10/c1-9-18(6)25(30)36-19(7)20(8)37-26(31)22(29)12-21-10-11-23(38-27(32)34-14-16(2)3)24(13-21)39-28(33)35-15-17(4)5/h10-11,13,16-20,22H,9,12,14-15,29H2,1-8H3/t18?,19-,20-,22-/m0/s1. The minimum absolute atomic E-state index is 0.0159. The minimum Gasteiger partial charge on any atom is -0.459 e. The Bertz CT molecular complexity index is 962. The van der Waals surface area contributed by atoms with Crippen molar-refractivity contribution in [1.29, 1.82) is 0 Å². The van der Waals surface area contributed by atoms with Crippen LogP contribution in [0.4, 0.5) is 9.59 Å². The minimum atomic E-state index is -1.08. The molecule has 0 saturated carbocycles. The average Bonchev–Trinajstić information content (AvgIpc) is 2.86. The average molecular weight is 554 g/mol. The second kappa shape index (κ2) is 16.6. The van der Waals surface area contributed by atoms with E-state index in [1.807, 2.05) is 34.6 Å². The van der Waals surface area contributed by atoms with Gasteiger partial charge in [0.25, 0.3) is 0 Å². The summed E-state index contributed by atoms with van der Waals surface area (Å²) in [5.41, 5.74) is 6.57. The molecule has 4 atom stereocenters. The largest absolute Gasteiger partial charge is 0.513 e.